The third-order valence-electron chi connectivity index (χ3n) is 3.80. The molecule has 2 rings (SSSR count). The third kappa shape index (κ3) is 5.07. The van der Waals surface area contributed by atoms with Crippen LogP contribution in [0.1, 0.15) is 24.5 Å². The molecule has 0 saturated carbocycles. The molecule has 0 fully saturated rings. The molecule has 0 saturated heterocycles. The van der Waals surface area contributed by atoms with Crippen LogP contribution < -0.4 is 10.1 Å². The Kier molecular flexibility index (Phi) is 6.11. The molecule has 0 spiro atoms. The van der Waals surface area contributed by atoms with Gasteiger partial charge in [0.05, 0.1) is 12.0 Å². The van der Waals surface area contributed by atoms with Crippen molar-refractivity contribution in [3.8, 4) is 5.75 Å². The monoisotopic (exact) mass is 314 g/mol. The second-order valence-electron chi connectivity index (χ2n) is 5.57. The molecular formula is C18H22N2O3. The summed E-state index contributed by atoms with van der Waals surface area (Å²) in [4.78, 5) is 10.6. The average Bonchev–Trinajstić information content (AvgIpc) is 2.58. The van der Waals surface area contributed by atoms with Crippen LogP contribution in [0.5, 0.6) is 5.75 Å². The van der Waals surface area contributed by atoms with Crippen molar-refractivity contribution in [3.63, 3.8) is 0 Å². The highest BCUT2D eigenvalue weighted by atomic mass is 16.6. The molecule has 2 aromatic rings. The van der Waals surface area contributed by atoms with E-state index in [0.29, 0.717) is 12.6 Å². The Hall–Kier alpha value is -2.40. The number of rotatable bonds is 8. The lowest BCUT2D eigenvalue weighted by Crippen LogP contribution is -2.26. The summed E-state index contributed by atoms with van der Waals surface area (Å²) < 4.78 is 5.01. The summed E-state index contributed by atoms with van der Waals surface area (Å²) in [7, 11) is 1.44. The fourth-order valence-corrected chi connectivity index (χ4v) is 2.41. The molecule has 1 unspecified atom stereocenters. The number of aryl methyl sites for hydroxylation is 1. The first-order valence-corrected chi connectivity index (χ1v) is 7.68. The number of ether oxygens (including phenoxy) is 1. The summed E-state index contributed by atoms with van der Waals surface area (Å²) >= 11 is 0. The van der Waals surface area contributed by atoms with Gasteiger partial charge in [0.2, 0.25) is 0 Å². The first-order valence-electron chi connectivity index (χ1n) is 7.68. The normalized spacial score (nSPS) is 11.9. The lowest BCUT2D eigenvalue weighted by atomic mass is 10.1. The van der Waals surface area contributed by atoms with E-state index >= 15 is 0 Å². The SMILES string of the molecule is COc1ccc(CNC(C)CCc2ccccc2)cc1[N+](=O)[O-]. The molecule has 5 heteroatoms. The second-order valence-corrected chi connectivity index (χ2v) is 5.57. The summed E-state index contributed by atoms with van der Waals surface area (Å²) in [6.45, 7) is 2.72. The fourth-order valence-electron chi connectivity index (χ4n) is 2.41. The molecule has 0 aliphatic carbocycles. The van der Waals surface area contributed by atoms with Gasteiger partial charge in [-0.3, -0.25) is 10.1 Å². The highest BCUT2D eigenvalue weighted by molar-refractivity contribution is 5.48. The quantitative estimate of drug-likeness (QED) is 0.596. The minimum absolute atomic E-state index is 0.00346. The van der Waals surface area contributed by atoms with Crippen molar-refractivity contribution in [3.05, 3.63) is 69.8 Å². The van der Waals surface area contributed by atoms with Crippen LogP contribution in [-0.4, -0.2) is 18.1 Å². The number of methoxy groups -OCH3 is 1. The van der Waals surface area contributed by atoms with Crippen molar-refractivity contribution in [2.45, 2.75) is 32.4 Å². The van der Waals surface area contributed by atoms with Crippen LogP contribution in [0.15, 0.2) is 48.5 Å². The highest BCUT2D eigenvalue weighted by Crippen LogP contribution is 2.27. The van der Waals surface area contributed by atoms with Gasteiger partial charge in [0, 0.05) is 18.7 Å². The fraction of sp³-hybridized carbons (Fsp3) is 0.333. The largest absolute Gasteiger partial charge is 0.490 e. The zero-order valence-corrected chi connectivity index (χ0v) is 13.5. The minimum atomic E-state index is -0.416. The van der Waals surface area contributed by atoms with Gasteiger partial charge in [0.1, 0.15) is 0 Å². The number of nitro groups is 1. The van der Waals surface area contributed by atoms with E-state index < -0.39 is 4.92 Å². The highest BCUT2D eigenvalue weighted by Gasteiger charge is 2.15. The Balaban J connectivity index is 1.87. The van der Waals surface area contributed by atoms with Crippen LogP contribution in [0.25, 0.3) is 0 Å². The van der Waals surface area contributed by atoms with Crippen LogP contribution in [0.2, 0.25) is 0 Å². The Bertz CT molecular complexity index is 644. The molecule has 0 aliphatic heterocycles. The van der Waals surface area contributed by atoms with Gasteiger partial charge in [-0.05, 0) is 37.0 Å². The Morgan fingerprint density at radius 1 is 1.17 bits per heavy atom. The van der Waals surface area contributed by atoms with Gasteiger partial charge < -0.3 is 10.1 Å². The second kappa shape index (κ2) is 8.29. The van der Waals surface area contributed by atoms with Crippen molar-refractivity contribution in [2.75, 3.05) is 7.11 Å². The number of benzene rings is 2. The molecule has 0 aromatic heterocycles. The van der Waals surface area contributed by atoms with Crippen molar-refractivity contribution in [2.24, 2.45) is 0 Å². The maximum atomic E-state index is 11.0. The topological polar surface area (TPSA) is 64.4 Å². The maximum absolute atomic E-state index is 11.0. The molecule has 2 aromatic carbocycles. The summed E-state index contributed by atoms with van der Waals surface area (Å²) in [5, 5.41) is 14.4. The van der Waals surface area contributed by atoms with Crippen LogP contribution in [0, 0.1) is 10.1 Å². The van der Waals surface area contributed by atoms with Crippen molar-refractivity contribution in [1.82, 2.24) is 5.32 Å². The van der Waals surface area contributed by atoms with E-state index in [2.05, 4.69) is 24.4 Å². The first-order chi connectivity index (χ1) is 11.1. The number of nitro benzene ring substituents is 1. The molecular weight excluding hydrogens is 292 g/mol. The summed E-state index contributed by atoms with van der Waals surface area (Å²) in [5.41, 5.74) is 2.20. The molecule has 0 aliphatic rings. The number of nitrogens with zero attached hydrogens (tertiary/aromatic N) is 1. The average molecular weight is 314 g/mol. The number of nitrogens with one attached hydrogen (secondary N) is 1. The van der Waals surface area contributed by atoms with Gasteiger partial charge in [-0.1, -0.05) is 36.4 Å². The van der Waals surface area contributed by atoms with Crippen molar-refractivity contribution >= 4 is 5.69 Å². The third-order valence-corrected chi connectivity index (χ3v) is 3.80. The lowest BCUT2D eigenvalue weighted by molar-refractivity contribution is -0.385. The van der Waals surface area contributed by atoms with Gasteiger partial charge in [0.15, 0.2) is 5.75 Å². The summed E-state index contributed by atoms with van der Waals surface area (Å²) in [5.74, 6) is 0.288. The maximum Gasteiger partial charge on any atom is 0.311 e. The van der Waals surface area contributed by atoms with Gasteiger partial charge >= 0.3 is 5.69 Å². The van der Waals surface area contributed by atoms with Crippen LogP contribution in [0.4, 0.5) is 5.69 Å². The predicted octanol–water partition coefficient (Wildman–Crippen LogP) is 3.71. The summed E-state index contributed by atoms with van der Waals surface area (Å²) in [6.07, 6.45) is 2.03. The Labute approximate surface area is 136 Å². The van der Waals surface area contributed by atoms with E-state index in [1.165, 1.54) is 12.7 Å². The molecule has 0 amide bonds. The predicted molar refractivity (Wildman–Crippen MR) is 90.7 cm³/mol. The molecule has 1 atom stereocenters. The molecule has 0 heterocycles. The zero-order chi connectivity index (χ0) is 16.7. The zero-order valence-electron chi connectivity index (χ0n) is 13.5. The van der Waals surface area contributed by atoms with Crippen molar-refractivity contribution < 1.29 is 9.66 Å². The molecule has 0 bridgehead atoms. The van der Waals surface area contributed by atoms with E-state index in [0.717, 1.165) is 18.4 Å². The van der Waals surface area contributed by atoms with Crippen molar-refractivity contribution in [1.29, 1.82) is 0 Å². The van der Waals surface area contributed by atoms with Gasteiger partial charge in [0.25, 0.3) is 0 Å². The number of hydrogen-bond donors (Lipinski definition) is 1. The molecule has 0 radical (unpaired) electrons. The van der Waals surface area contributed by atoms with Crippen LogP contribution in [0.3, 0.4) is 0 Å². The van der Waals surface area contributed by atoms with E-state index in [1.54, 1.807) is 12.1 Å². The standard InChI is InChI=1S/C18H22N2O3/c1-14(8-9-15-6-4-3-5-7-15)19-13-16-10-11-18(23-2)17(12-16)20(21)22/h3-7,10-12,14,19H,8-9,13H2,1-2H3. The Morgan fingerprint density at radius 2 is 1.91 bits per heavy atom. The molecule has 5 nitrogen and oxygen atoms in total. The van der Waals surface area contributed by atoms with Gasteiger partial charge in [-0.25, -0.2) is 0 Å². The smallest absolute Gasteiger partial charge is 0.311 e. The van der Waals surface area contributed by atoms with E-state index in [-0.39, 0.29) is 11.4 Å². The van der Waals surface area contributed by atoms with E-state index in [4.69, 9.17) is 4.74 Å². The van der Waals surface area contributed by atoms with Crippen LogP contribution in [-0.2, 0) is 13.0 Å². The number of hydrogen-bond acceptors (Lipinski definition) is 4. The minimum Gasteiger partial charge on any atom is -0.490 e. The van der Waals surface area contributed by atoms with Gasteiger partial charge in [-0.2, -0.15) is 0 Å². The molecule has 122 valence electrons. The van der Waals surface area contributed by atoms with Gasteiger partial charge in [-0.15, -0.1) is 0 Å². The Morgan fingerprint density at radius 3 is 2.57 bits per heavy atom. The van der Waals surface area contributed by atoms with E-state index in [9.17, 15) is 10.1 Å². The molecule has 23 heavy (non-hydrogen) atoms. The first kappa shape index (κ1) is 17.0. The van der Waals surface area contributed by atoms with E-state index in [1.807, 2.05) is 24.3 Å². The molecule has 1 N–H and O–H groups in total. The van der Waals surface area contributed by atoms with Crippen LogP contribution >= 0.6 is 0 Å². The summed E-state index contributed by atoms with van der Waals surface area (Å²) in [6, 6.07) is 15.7. The lowest BCUT2D eigenvalue weighted by Gasteiger charge is -2.14.